The highest BCUT2D eigenvalue weighted by Gasteiger charge is 2.44. The van der Waals surface area contributed by atoms with Gasteiger partial charge in [0.05, 0.1) is 37.5 Å². The molecule has 1 saturated carbocycles. The van der Waals surface area contributed by atoms with E-state index in [-0.39, 0.29) is 18.1 Å². The summed E-state index contributed by atoms with van der Waals surface area (Å²) in [6.45, 7) is 6.14. The molecule has 0 aromatic carbocycles. The molecule has 114 valence electrons. The van der Waals surface area contributed by atoms with E-state index in [1.54, 1.807) is 11.6 Å². The molecule has 0 N–H and O–H groups in total. The van der Waals surface area contributed by atoms with E-state index in [9.17, 15) is 4.79 Å². The van der Waals surface area contributed by atoms with Crippen molar-refractivity contribution in [2.24, 2.45) is 5.92 Å². The molecule has 0 bridgehead atoms. The van der Waals surface area contributed by atoms with Crippen molar-refractivity contribution in [1.29, 1.82) is 0 Å². The summed E-state index contributed by atoms with van der Waals surface area (Å²) in [4.78, 5) is 18.6. The van der Waals surface area contributed by atoms with Gasteiger partial charge in [-0.25, -0.2) is 4.98 Å². The molecule has 21 heavy (non-hydrogen) atoms. The first-order valence-corrected chi connectivity index (χ1v) is 8.25. The predicted octanol–water partition coefficient (Wildman–Crippen LogP) is 1.97. The van der Waals surface area contributed by atoms with Gasteiger partial charge >= 0.3 is 0 Å². The topological polar surface area (TPSA) is 51.7 Å². The number of hydrogen-bond donors (Lipinski definition) is 0. The smallest absolute Gasteiger partial charge is 0.273 e. The van der Waals surface area contributed by atoms with E-state index in [1.807, 2.05) is 10.3 Å². The Labute approximate surface area is 128 Å². The van der Waals surface area contributed by atoms with Gasteiger partial charge in [0.15, 0.2) is 0 Å². The molecule has 1 aromatic heterocycles. The summed E-state index contributed by atoms with van der Waals surface area (Å²) >= 11 is 1.45. The molecule has 1 amide bonds. The van der Waals surface area contributed by atoms with Gasteiger partial charge in [0, 0.05) is 17.8 Å². The van der Waals surface area contributed by atoms with Gasteiger partial charge in [0.25, 0.3) is 5.91 Å². The van der Waals surface area contributed by atoms with Crippen molar-refractivity contribution in [3.05, 3.63) is 29.2 Å². The van der Waals surface area contributed by atoms with E-state index < -0.39 is 0 Å². The van der Waals surface area contributed by atoms with Gasteiger partial charge < -0.3 is 14.4 Å². The molecule has 1 aliphatic carbocycles. The third-order valence-corrected chi connectivity index (χ3v) is 4.79. The molecule has 2 heterocycles. The van der Waals surface area contributed by atoms with Crippen LogP contribution in [0.25, 0.3) is 0 Å². The van der Waals surface area contributed by atoms with Gasteiger partial charge in [-0.1, -0.05) is 6.08 Å². The zero-order valence-corrected chi connectivity index (χ0v) is 12.8. The molecule has 1 saturated heterocycles. The second-order valence-electron chi connectivity index (χ2n) is 5.44. The van der Waals surface area contributed by atoms with Crippen molar-refractivity contribution in [1.82, 2.24) is 9.88 Å². The van der Waals surface area contributed by atoms with Crippen LogP contribution in [0.1, 0.15) is 23.3 Å². The van der Waals surface area contributed by atoms with E-state index in [0.29, 0.717) is 38.0 Å². The second kappa shape index (κ2) is 6.68. The Kier molecular flexibility index (Phi) is 4.67. The maximum atomic E-state index is 12.5. The first-order chi connectivity index (χ1) is 10.3. The zero-order valence-electron chi connectivity index (χ0n) is 11.9. The number of morpholine rings is 1. The number of thiazole rings is 1. The lowest BCUT2D eigenvalue weighted by atomic mass is 10.0. The lowest BCUT2D eigenvalue weighted by Gasteiger charge is -2.39. The van der Waals surface area contributed by atoms with Gasteiger partial charge in [0.2, 0.25) is 0 Å². The molecular formula is C15H20N2O3S. The minimum atomic E-state index is 0.0298. The Morgan fingerprint density at radius 2 is 2.52 bits per heavy atom. The lowest BCUT2D eigenvalue weighted by molar-refractivity contribution is -0.0739. The highest BCUT2D eigenvalue weighted by molar-refractivity contribution is 7.07. The average Bonchev–Trinajstić information content (AvgIpc) is 3.16. The molecule has 3 atom stereocenters. The third-order valence-electron chi connectivity index (χ3n) is 4.20. The molecule has 2 aliphatic rings. The van der Waals surface area contributed by atoms with Crippen LogP contribution >= 0.6 is 11.3 Å². The van der Waals surface area contributed by atoms with Crippen molar-refractivity contribution in [3.8, 4) is 0 Å². The fraction of sp³-hybridized carbons (Fsp3) is 0.600. The van der Waals surface area contributed by atoms with Crippen LogP contribution in [0.2, 0.25) is 0 Å². The molecule has 3 rings (SSSR count). The van der Waals surface area contributed by atoms with E-state index >= 15 is 0 Å². The van der Waals surface area contributed by atoms with Gasteiger partial charge in [-0.15, -0.1) is 17.9 Å². The number of carbonyl (C=O) groups excluding carboxylic acids is 1. The Morgan fingerprint density at radius 3 is 3.29 bits per heavy atom. The van der Waals surface area contributed by atoms with Crippen molar-refractivity contribution >= 4 is 17.2 Å². The Hall–Kier alpha value is -1.24. The third kappa shape index (κ3) is 3.02. The van der Waals surface area contributed by atoms with Crippen LogP contribution in [-0.2, 0) is 9.47 Å². The van der Waals surface area contributed by atoms with E-state index in [4.69, 9.17) is 9.47 Å². The van der Waals surface area contributed by atoms with Crippen LogP contribution in [0.3, 0.4) is 0 Å². The highest BCUT2D eigenvalue weighted by atomic mass is 32.1. The minimum Gasteiger partial charge on any atom is -0.377 e. The van der Waals surface area contributed by atoms with E-state index in [0.717, 1.165) is 12.8 Å². The largest absolute Gasteiger partial charge is 0.377 e. The maximum Gasteiger partial charge on any atom is 0.273 e. The van der Waals surface area contributed by atoms with Gasteiger partial charge in [0.1, 0.15) is 5.69 Å². The van der Waals surface area contributed by atoms with Crippen LogP contribution in [0.4, 0.5) is 0 Å². The Morgan fingerprint density at radius 1 is 1.62 bits per heavy atom. The first-order valence-electron chi connectivity index (χ1n) is 7.30. The normalized spacial score (nSPS) is 28.4. The SMILES string of the molecule is C=CCOC[C@H]1CC[C@H]2[C@H]1OCCN2C(=O)c1cscn1. The standard InChI is InChI=1S/C15H20N2O3S/c1-2-6-19-8-11-3-4-13-14(11)20-7-5-17(13)15(18)12-9-21-10-16-12/h2,9-11,13-14H,1,3-8H2/t11-,13+,14+/m1/s1. The summed E-state index contributed by atoms with van der Waals surface area (Å²) in [6, 6.07) is 0.158. The quantitative estimate of drug-likeness (QED) is 0.616. The Bertz CT molecular complexity index is 491. The molecule has 0 unspecified atom stereocenters. The average molecular weight is 308 g/mol. The molecule has 5 nitrogen and oxygen atoms in total. The van der Waals surface area contributed by atoms with E-state index in [2.05, 4.69) is 11.6 Å². The maximum absolute atomic E-state index is 12.5. The van der Waals surface area contributed by atoms with Crippen molar-refractivity contribution in [3.63, 3.8) is 0 Å². The fourth-order valence-electron chi connectivity index (χ4n) is 3.26. The number of ether oxygens (including phenoxy) is 2. The highest BCUT2D eigenvalue weighted by Crippen LogP contribution is 2.35. The summed E-state index contributed by atoms with van der Waals surface area (Å²) in [5.41, 5.74) is 2.25. The first kappa shape index (κ1) is 14.7. The number of amides is 1. The van der Waals surface area contributed by atoms with Crippen molar-refractivity contribution < 1.29 is 14.3 Å². The molecule has 2 fully saturated rings. The minimum absolute atomic E-state index is 0.0298. The summed E-state index contributed by atoms with van der Waals surface area (Å²) in [5, 5.41) is 1.81. The summed E-state index contributed by atoms with van der Waals surface area (Å²) in [7, 11) is 0. The van der Waals surface area contributed by atoms with Gasteiger partial charge in [-0.2, -0.15) is 0 Å². The molecule has 6 heteroatoms. The van der Waals surface area contributed by atoms with Crippen LogP contribution < -0.4 is 0 Å². The molecule has 1 aliphatic heterocycles. The van der Waals surface area contributed by atoms with Crippen LogP contribution in [-0.4, -0.2) is 54.3 Å². The number of fused-ring (bicyclic) bond motifs is 1. The van der Waals surface area contributed by atoms with Crippen LogP contribution in [0.15, 0.2) is 23.5 Å². The zero-order chi connectivity index (χ0) is 14.7. The molecule has 0 spiro atoms. The van der Waals surface area contributed by atoms with E-state index in [1.165, 1.54) is 11.3 Å². The lowest BCUT2D eigenvalue weighted by Crippen LogP contribution is -2.53. The number of nitrogens with zero attached hydrogens (tertiary/aromatic N) is 2. The summed E-state index contributed by atoms with van der Waals surface area (Å²) in [5.74, 6) is 0.392. The van der Waals surface area contributed by atoms with Gasteiger partial charge in [-0.3, -0.25) is 4.79 Å². The second-order valence-corrected chi connectivity index (χ2v) is 6.16. The number of aromatic nitrogens is 1. The number of rotatable bonds is 5. The molecular weight excluding hydrogens is 288 g/mol. The summed E-state index contributed by atoms with van der Waals surface area (Å²) in [6.07, 6.45) is 3.86. The molecule has 0 radical (unpaired) electrons. The van der Waals surface area contributed by atoms with Crippen molar-refractivity contribution in [2.75, 3.05) is 26.4 Å². The Balaban J connectivity index is 1.66. The fourth-order valence-corrected chi connectivity index (χ4v) is 3.79. The molecule has 1 aromatic rings. The number of hydrogen-bond acceptors (Lipinski definition) is 5. The number of carbonyl (C=O) groups is 1. The van der Waals surface area contributed by atoms with Crippen molar-refractivity contribution in [2.45, 2.75) is 25.0 Å². The monoisotopic (exact) mass is 308 g/mol. The van der Waals surface area contributed by atoms with Crippen LogP contribution in [0.5, 0.6) is 0 Å². The van der Waals surface area contributed by atoms with Gasteiger partial charge in [-0.05, 0) is 12.8 Å². The summed E-state index contributed by atoms with van der Waals surface area (Å²) < 4.78 is 11.5. The van der Waals surface area contributed by atoms with Crippen LogP contribution in [0, 0.1) is 5.92 Å². The predicted molar refractivity (Wildman–Crippen MR) is 80.4 cm³/mol.